The molecule has 30 heavy (non-hydrogen) atoms. The van der Waals surface area contributed by atoms with E-state index in [2.05, 4.69) is 28.3 Å². The first-order chi connectivity index (χ1) is 14.4. The summed E-state index contributed by atoms with van der Waals surface area (Å²) in [6.45, 7) is 3.99. The van der Waals surface area contributed by atoms with E-state index in [9.17, 15) is 9.59 Å². The van der Waals surface area contributed by atoms with E-state index in [1.807, 2.05) is 0 Å². The molecule has 1 fully saturated rings. The maximum absolute atomic E-state index is 12.8. The Balaban J connectivity index is 1.81. The summed E-state index contributed by atoms with van der Waals surface area (Å²) in [5.41, 5.74) is 2.50. The number of hydrogen-bond acceptors (Lipinski definition) is 6. The van der Waals surface area contributed by atoms with Crippen LogP contribution in [0.1, 0.15) is 6.92 Å². The van der Waals surface area contributed by atoms with Crippen molar-refractivity contribution in [3.05, 3.63) is 41.4 Å². The van der Waals surface area contributed by atoms with Crippen molar-refractivity contribution in [2.45, 2.75) is 6.92 Å². The summed E-state index contributed by atoms with van der Waals surface area (Å²) in [6, 6.07) is 9.75. The van der Waals surface area contributed by atoms with Crippen LogP contribution in [-0.4, -0.2) is 45.4 Å². The number of urea groups is 1. The molecule has 3 amide bonds. The fourth-order valence-corrected chi connectivity index (χ4v) is 3.46. The van der Waals surface area contributed by atoms with Gasteiger partial charge in [0.15, 0.2) is 0 Å². The molecule has 2 aromatic carbocycles. The van der Waals surface area contributed by atoms with Crippen molar-refractivity contribution in [2.24, 2.45) is 0 Å². The molecule has 2 N–H and O–H groups in total. The lowest BCUT2D eigenvalue weighted by atomic mass is 10.2. The zero-order valence-electron chi connectivity index (χ0n) is 16.6. The summed E-state index contributed by atoms with van der Waals surface area (Å²) in [6.07, 6.45) is 0. The number of nitrogens with one attached hydrogen (secondary N) is 2. The fraction of sp³-hybridized carbons (Fsp3) is 0.300. The second kappa shape index (κ2) is 9.92. The molecule has 2 aromatic rings. The number of rotatable bonds is 5. The Labute approximate surface area is 185 Å². The number of thiol groups is 1. The van der Waals surface area contributed by atoms with Gasteiger partial charge in [-0.05, 0) is 30.3 Å². The van der Waals surface area contributed by atoms with E-state index in [1.54, 1.807) is 43.5 Å². The number of ether oxygens (including phenoxy) is 2. The van der Waals surface area contributed by atoms with Gasteiger partial charge in [0.25, 0.3) is 0 Å². The SMILES string of the molecule is COc1cc(N2CCOCC2)c(NC(=O)N(S)c2ccc(NC(C)=O)cc2)cc1Cl. The first-order valence-corrected chi connectivity index (χ1v) is 10.0. The third-order valence-electron chi connectivity index (χ3n) is 4.49. The minimum absolute atomic E-state index is 0.171. The van der Waals surface area contributed by atoms with Gasteiger partial charge < -0.3 is 25.0 Å². The molecule has 0 spiro atoms. The average molecular weight is 451 g/mol. The minimum atomic E-state index is -0.457. The van der Waals surface area contributed by atoms with Gasteiger partial charge in [-0.25, -0.2) is 9.10 Å². The van der Waals surface area contributed by atoms with Crippen LogP contribution < -0.4 is 24.6 Å². The van der Waals surface area contributed by atoms with Crippen molar-refractivity contribution in [3.63, 3.8) is 0 Å². The topological polar surface area (TPSA) is 83.1 Å². The molecule has 8 nitrogen and oxygen atoms in total. The molecule has 0 bridgehead atoms. The third-order valence-corrected chi connectivity index (χ3v) is 5.20. The van der Waals surface area contributed by atoms with Gasteiger partial charge in [0.2, 0.25) is 5.91 Å². The van der Waals surface area contributed by atoms with Crippen LogP contribution in [0.4, 0.5) is 27.5 Å². The number of methoxy groups -OCH3 is 1. The zero-order chi connectivity index (χ0) is 21.7. The van der Waals surface area contributed by atoms with Gasteiger partial charge in [-0.3, -0.25) is 4.79 Å². The molecule has 1 aliphatic rings. The first-order valence-electron chi connectivity index (χ1n) is 9.27. The Hall–Kier alpha value is -2.62. The molecule has 0 atom stereocenters. The largest absolute Gasteiger partial charge is 0.495 e. The molecule has 0 unspecified atom stereocenters. The number of benzene rings is 2. The Bertz CT molecular complexity index is 920. The van der Waals surface area contributed by atoms with Crippen LogP contribution in [0.25, 0.3) is 0 Å². The maximum Gasteiger partial charge on any atom is 0.336 e. The third kappa shape index (κ3) is 5.29. The molecule has 1 saturated heterocycles. The van der Waals surface area contributed by atoms with Crippen LogP contribution in [0.2, 0.25) is 5.02 Å². The van der Waals surface area contributed by atoms with Crippen molar-refractivity contribution >= 4 is 59.1 Å². The van der Waals surface area contributed by atoms with Gasteiger partial charge in [0, 0.05) is 31.8 Å². The standard InChI is InChI=1S/C20H23ClN4O4S/c1-13(26)22-14-3-5-15(6-4-14)25(30)20(27)23-17-11-16(21)19(28-2)12-18(17)24-7-9-29-10-8-24/h3-6,11-12,30H,7-10H2,1-2H3,(H,22,26)(H,23,27). The van der Waals surface area contributed by atoms with Crippen LogP contribution in [-0.2, 0) is 9.53 Å². The summed E-state index contributed by atoms with van der Waals surface area (Å²) in [5.74, 6) is 0.350. The molecule has 0 aliphatic carbocycles. The second-order valence-corrected chi connectivity index (χ2v) is 7.38. The van der Waals surface area contributed by atoms with E-state index in [4.69, 9.17) is 21.1 Å². The molecule has 10 heteroatoms. The molecule has 1 aliphatic heterocycles. The summed E-state index contributed by atoms with van der Waals surface area (Å²) < 4.78 is 11.9. The van der Waals surface area contributed by atoms with Crippen molar-refractivity contribution < 1.29 is 19.1 Å². The number of carbonyl (C=O) groups excluding carboxylic acids is 2. The lowest BCUT2D eigenvalue weighted by Gasteiger charge is -2.31. The highest BCUT2D eigenvalue weighted by Gasteiger charge is 2.21. The molecule has 3 rings (SSSR count). The molecule has 160 valence electrons. The Morgan fingerprint density at radius 2 is 1.83 bits per heavy atom. The lowest BCUT2D eigenvalue weighted by Crippen LogP contribution is -2.37. The number of nitrogens with zero attached hydrogens (tertiary/aromatic N) is 2. The van der Waals surface area contributed by atoms with Crippen LogP contribution in [0.5, 0.6) is 5.75 Å². The first kappa shape index (κ1) is 22.1. The number of amides is 3. The van der Waals surface area contributed by atoms with E-state index in [0.717, 1.165) is 5.69 Å². The number of hydrogen-bond donors (Lipinski definition) is 3. The van der Waals surface area contributed by atoms with Crippen molar-refractivity contribution in [1.29, 1.82) is 0 Å². The molecule has 0 aromatic heterocycles. The minimum Gasteiger partial charge on any atom is -0.495 e. The van der Waals surface area contributed by atoms with Gasteiger partial charge >= 0.3 is 6.03 Å². The van der Waals surface area contributed by atoms with Gasteiger partial charge in [0.05, 0.1) is 42.4 Å². The molecule has 0 saturated carbocycles. The van der Waals surface area contributed by atoms with Crippen molar-refractivity contribution in [1.82, 2.24) is 0 Å². The summed E-state index contributed by atoms with van der Waals surface area (Å²) in [5, 5.41) is 5.92. The van der Waals surface area contributed by atoms with Gasteiger partial charge in [-0.1, -0.05) is 24.4 Å². The fourth-order valence-electron chi connectivity index (χ4n) is 3.04. The highest BCUT2D eigenvalue weighted by molar-refractivity contribution is 7.82. The van der Waals surface area contributed by atoms with E-state index in [-0.39, 0.29) is 5.91 Å². The molecule has 0 radical (unpaired) electrons. The summed E-state index contributed by atoms with van der Waals surface area (Å²) >= 11 is 10.6. The van der Waals surface area contributed by atoms with Crippen molar-refractivity contribution in [2.75, 3.05) is 53.3 Å². The highest BCUT2D eigenvalue weighted by atomic mass is 35.5. The summed E-state index contributed by atoms with van der Waals surface area (Å²) in [4.78, 5) is 26.1. The van der Waals surface area contributed by atoms with Gasteiger partial charge in [0.1, 0.15) is 5.75 Å². The van der Waals surface area contributed by atoms with Crippen LogP contribution in [0.3, 0.4) is 0 Å². The van der Waals surface area contributed by atoms with E-state index in [1.165, 1.54) is 11.2 Å². The quantitative estimate of drug-likeness (QED) is 0.599. The van der Waals surface area contributed by atoms with E-state index >= 15 is 0 Å². The number of halogens is 1. The zero-order valence-corrected chi connectivity index (χ0v) is 18.3. The molecule has 1 heterocycles. The maximum atomic E-state index is 12.8. The van der Waals surface area contributed by atoms with Gasteiger partial charge in [-0.15, -0.1) is 0 Å². The summed E-state index contributed by atoms with van der Waals surface area (Å²) in [7, 11) is 1.54. The lowest BCUT2D eigenvalue weighted by molar-refractivity contribution is -0.114. The average Bonchev–Trinajstić information content (AvgIpc) is 2.74. The number of carbonyl (C=O) groups is 2. The highest BCUT2D eigenvalue weighted by Crippen LogP contribution is 2.37. The van der Waals surface area contributed by atoms with Crippen molar-refractivity contribution in [3.8, 4) is 5.75 Å². The van der Waals surface area contributed by atoms with Gasteiger partial charge in [-0.2, -0.15) is 0 Å². The number of anilines is 4. The Kier molecular flexibility index (Phi) is 7.30. The second-order valence-electron chi connectivity index (χ2n) is 6.57. The predicted molar refractivity (Wildman–Crippen MR) is 122 cm³/mol. The monoisotopic (exact) mass is 450 g/mol. The molecular formula is C20H23ClN4O4S. The van der Waals surface area contributed by atoms with Crippen LogP contribution in [0, 0.1) is 0 Å². The Morgan fingerprint density at radius 3 is 2.43 bits per heavy atom. The number of morpholine rings is 1. The van der Waals surface area contributed by atoms with Crippen LogP contribution in [0.15, 0.2) is 36.4 Å². The van der Waals surface area contributed by atoms with E-state index in [0.29, 0.717) is 54.1 Å². The normalized spacial score (nSPS) is 13.5. The van der Waals surface area contributed by atoms with E-state index < -0.39 is 6.03 Å². The van der Waals surface area contributed by atoms with Crippen LogP contribution >= 0.6 is 24.4 Å². The molecular weight excluding hydrogens is 428 g/mol. The predicted octanol–water partition coefficient (Wildman–Crippen LogP) is 4.03. The Morgan fingerprint density at radius 1 is 1.17 bits per heavy atom. The smallest absolute Gasteiger partial charge is 0.336 e.